The molecule has 1 spiro atoms. The summed E-state index contributed by atoms with van der Waals surface area (Å²) in [6.45, 7) is 5.26. The van der Waals surface area contributed by atoms with E-state index in [1.165, 1.54) is 0 Å². The fraction of sp³-hybridized carbons (Fsp3) is 0.778. The molecule has 3 aliphatic rings. The van der Waals surface area contributed by atoms with Crippen LogP contribution in [0.5, 0.6) is 0 Å². The van der Waals surface area contributed by atoms with Gasteiger partial charge in [0.1, 0.15) is 6.10 Å². The first-order chi connectivity index (χ1) is 11.7. The van der Waals surface area contributed by atoms with Crippen LogP contribution in [0.2, 0.25) is 0 Å². The number of hydrogen-bond acceptors (Lipinski definition) is 4. The molecule has 0 bridgehead atoms. The van der Waals surface area contributed by atoms with Gasteiger partial charge in [-0.3, -0.25) is 9.48 Å². The predicted octanol–water partition coefficient (Wildman–Crippen LogP) is 2.06. The normalized spacial score (nSPS) is 31.8. The van der Waals surface area contributed by atoms with Gasteiger partial charge in [-0.2, -0.15) is 5.10 Å². The van der Waals surface area contributed by atoms with Crippen LogP contribution >= 0.6 is 0 Å². The molecule has 3 atom stereocenters. The summed E-state index contributed by atoms with van der Waals surface area (Å²) in [4.78, 5) is 12.8. The molecule has 1 aromatic rings. The Kier molecular flexibility index (Phi) is 4.35. The number of ether oxygens (including phenoxy) is 2. The van der Waals surface area contributed by atoms with Gasteiger partial charge in [0.25, 0.3) is 0 Å². The monoisotopic (exact) mass is 333 g/mol. The van der Waals surface area contributed by atoms with Crippen molar-refractivity contribution in [2.75, 3.05) is 19.8 Å². The summed E-state index contributed by atoms with van der Waals surface area (Å²) in [5.74, 6) is 0.377. The molecule has 3 fully saturated rings. The Balaban J connectivity index is 1.41. The zero-order valence-corrected chi connectivity index (χ0v) is 14.4. The van der Waals surface area contributed by atoms with E-state index in [9.17, 15) is 4.79 Å². The lowest BCUT2D eigenvalue weighted by Gasteiger charge is -2.32. The van der Waals surface area contributed by atoms with E-state index in [1.54, 1.807) is 0 Å². The minimum atomic E-state index is -0.0765. The molecule has 0 radical (unpaired) electrons. The zero-order valence-electron chi connectivity index (χ0n) is 14.4. The summed E-state index contributed by atoms with van der Waals surface area (Å²) >= 11 is 0. The van der Waals surface area contributed by atoms with Crippen LogP contribution in [0.3, 0.4) is 0 Å². The fourth-order valence-corrected chi connectivity index (χ4v) is 4.29. The Morgan fingerprint density at radius 1 is 1.42 bits per heavy atom. The highest BCUT2D eigenvalue weighted by Crippen LogP contribution is 2.59. The zero-order chi connectivity index (χ0) is 16.6. The summed E-state index contributed by atoms with van der Waals surface area (Å²) in [6, 6.07) is 0.0539. The molecule has 1 unspecified atom stereocenters. The van der Waals surface area contributed by atoms with E-state index in [1.807, 2.05) is 17.1 Å². The molecule has 1 aromatic heterocycles. The first-order valence-electron chi connectivity index (χ1n) is 9.24. The van der Waals surface area contributed by atoms with Crippen molar-refractivity contribution in [2.45, 2.75) is 57.7 Å². The van der Waals surface area contributed by atoms with Crippen molar-refractivity contribution in [3.63, 3.8) is 0 Å². The van der Waals surface area contributed by atoms with Crippen LogP contribution in [0.1, 0.15) is 50.7 Å². The molecular weight excluding hydrogens is 306 g/mol. The number of nitrogens with zero attached hydrogens (tertiary/aromatic N) is 2. The molecule has 2 saturated heterocycles. The van der Waals surface area contributed by atoms with Gasteiger partial charge in [0, 0.05) is 44.0 Å². The van der Waals surface area contributed by atoms with Crippen LogP contribution < -0.4 is 5.32 Å². The van der Waals surface area contributed by atoms with Gasteiger partial charge < -0.3 is 14.8 Å². The largest absolute Gasteiger partial charge is 0.381 e. The van der Waals surface area contributed by atoms with E-state index in [0.717, 1.165) is 64.0 Å². The molecule has 1 aliphatic carbocycles. The van der Waals surface area contributed by atoms with Gasteiger partial charge >= 0.3 is 0 Å². The minimum Gasteiger partial charge on any atom is -0.381 e. The summed E-state index contributed by atoms with van der Waals surface area (Å²) in [5, 5.41) is 7.64. The molecule has 3 heterocycles. The predicted molar refractivity (Wildman–Crippen MR) is 88.4 cm³/mol. The molecule has 6 nitrogen and oxygen atoms in total. The van der Waals surface area contributed by atoms with Gasteiger partial charge in [-0.1, -0.05) is 0 Å². The maximum atomic E-state index is 12.8. The van der Waals surface area contributed by atoms with Gasteiger partial charge in [0.15, 0.2) is 0 Å². The summed E-state index contributed by atoms with van der Waals surface area (Å²) < 4.78 is 13.3. The maximum absolute atomic E-state index is 12.8. The van der Waals surface area contributed by atoms with Gasteiger partial charge in [-0.05, 0) is 44.4 Å². The van der Waals surface area contributed by atoms with Gasteiger partial charge in [-0.25, -0.2) is 0 Å². The lowest BCUT2D eigenvalue weighted by atomic mass is 9.93. The van der Waals surface area contributed by atoms with Crippen LogP contribution in [0.25, 0.3) is 0 Å². The van der Waals surface area contributed by atoms with Gasteiger partial charge in [0.05, 0.1) is 12.2 Å². The first kappa shape index (κ1) is 16.1. The Bertz CT molecular complexity index is 594. The Labute approximate surface area is 142 Å². The smallest absolute Gasteiger partial charge is 0.224 e. The third-order valence-corrected chi connectivity index (χ3v) is 5.95. The number of rotatable bonds is 4. The number of carbonyl (C=O) groups is 1. The second-order valence-corrected chi connectivity index (χ2v) is 7.41. The van der Waals surface area contributed by atoms with Gasteiger partial charge in [0.2, 0.25) is 5.91 Å². The van der Waals surface area contributed by atoms with Crippen molar-refractivity contribution in [1.82, 2.24) is 15.1 Å². The Hall–Kier alpha value is -1.40. The average molecular weight is 333 g/mol. The highest BCUT2D eigenvalue weighted by atomic mass is 16.5. The highest BCUT2D eigenvalue weighted by Gasteiger charge is 2.58. The van der Waals surface area contributed by atoms with Crippen LogP contribution in [0.15, 0.2) is 12.4 Å². The lowest BCUT2D eigenvalue weighted by Crippen LogP contribution is -2.44. The standard InChI is InChI=1S/C18H27N3O3/c1-2-21-12-13(11-19-21)16-15(4-3-7-24-16)20-17(22)14-10-18(14)5-8-23-9-6-18/h11-12,14-16H,2-10H2,1H3,(H,20,22)/t14?,15-,16+/m0/s1. The first-order valence-corrected chi connectivity index (χ1v) is 9.24. The van der Waals surface area contributed by atoms with Gasteiger partial charge in [-0.15, -0.1) is 0 Å². The molecule has 132 valence electrons. The van der Waals surface area contributed by atoms with Crippen LogP contribution in [-0.2, 0) is 20.8 Å². The van der Waals surface area contributed by atoms with Crippen molar-refractivity contribution < 1.29 is 14.3 Å². The summed E-state index contributed by atoms with van der Waals surface area (Å²) in [5.41, 5.74) is 1.29. The molecule has 0 aromatic carbocycles. The van der Waals surface area contributed by atoms with Crippen molar-refractivity contribution in [3.8, 4) is 0 Å². The third-order valence-electron chi connectivity index (χ3n) is 5.95. The van der Waals surface area contributed by atoms with E-state index in [2.05, 4.69) is 17.3 Å². The molecule has 6 heteroatoms. The molecule has 1 N–H and O–H groups in total. The molecule has 1 saturated carbocycles. The summed E-state index contributed by atoms with van der Waals surface area (Å²) in [6.07, 6.45) is 8.87. The number of carbonyl (C=O) groups excluding carboxylic acids is 1. The SMILES string of the molecule is CCn1cc([C@H]2OCCC[C@@H]2NC(=O)C2CC23CCOCC3)cn1. The van der Waals surface area contributed by atoms with Crippen LogP contribution in [-0.4, -0.2) is 41.6 Å². The highest BCUT2D eigenvalue weighted by molar-refractivity contribution is 5.83. The van der Waals surface area contributed by atoms with Crippen molar-refractivity contribution in [1.29, 1.82) is 0 Å². The average Bonchev–Trinajstić information content (AvgIpc) is 3.09. The minimum absolute atomic E-state index is 0.0539. The molecule has 4 rings (SSSR count). The van der Waals surface area contributed by atoms with E-state index in [0.29, 0.717) is 0 Å². The van der Waals surface area contributed by atoms with Crippen molar-refractivity contribution in [3.05, 3.63) is 18.0 Å². The quantitative estimate of drug-likeness (QED) is 0.916. The second kappa shape index (κ2) is 6.48. The Morgan fingerprint density at radius 3 is 3.00 bits per heavy atom. The van der Waals surface area contributed by atoms with E-state index < -0.39 is 0 Å². The molecule has 1 amide bonds. The Morgan fingerprint density at radius 2 is 2.25 bits per heavy atom. The molecule has 2 aliphatic heterocycles. The van der Waals surface area contributed by atoms with Crippen LogP contribution in [0, 0.1) is 11.3 Å². The number of nitrogens with one attached hydrogen (secondary N) is 1. The van der Waals surface area contributed by atoms with E-state index in [-0.39, 0.29) is 29.4 Å². The van der Waals surface area contributed by atoms with Crippen molar-refractivity contribution >= 4 is 5.91 Å². The maximum Gasteiger partial charge on any atom is 0.224 e. The molecule has 24 heavy (non-hydrogen) atoms. The molecular formula is C18H27N3O3. The second-order valence-electron chi connectivity index (χ2n) is 7.41. The third kappa shape index (κ3) is 2.97. The lowest BCUT2D eigenvalue weighted by molar-refractivity contribution is -0.126. The number of aryl methyl sites for hydroxylation is 1. The van der Waals surface area contributed by atoms with E-state index in [4.69, 9.17) is 9.47 Å². The number of hydrogen-bond donors (Lipinski definition) is 1. The number of amides is 1. The van der Waals surface area contributed by atoms with E-state index >= 15 is 0 Å². The number of aromatic nitrogens is 2. The van der Waals surface area contributed by atoms with Crippen molar-refractivity contribution in [2.24, 2.45) is 11.3 Å². The summed E-state index contributed by atoms with van der Waals surface area (Å²) in [7, 11) is 0. The van der Waals surface area contributed by atoms with Crippen LogP contribution in [0.4, 0.5) is 0 Å². The fourth-order valence-electron chi connectivity index (χ4n) is 4.29. The topological polar surface area (TPSA) is 65.4 Å².